The lowest BCUT2D eigenvalue weighted by atomic mass is 10.1. The fourth-order valence-corrected chi connectivity index (χ4v) is 3.30. The molecule has 0 bridgehead atoms. The summed E-state index contributed by atoms with van der Waals surface area (Å²) >= 11 is 0. The second kappa shape index (κ2) is 6.83. The van der Waals surface area contributed by atoms with Gasteiger partial charge in [-0.15, -0.1) is 0 Å². The van der Waals surface area contributed by atoms with Crippen LogP contribution in [-0.4, -0.2) is 77.1 Å². The molecule has 1 unspecified atom stereocenters. The van der Waals surface area contributed by atoms with Gasteiger partial charge in [0.05, 0.1) is 12.0 Å². The number of aromatic nitrogens is 2. The van der Waals surface area contributed by atoms with Gasteiger partial charge in [-0.2, -0.15) is 5.10 Å². The number of nitrogens with zero attached hydrogens (tertiary/aromatic N) is 4. The van der Waals surface area contributed by atoms with Gasteiger partial charge in [-0.25, -0.2) is 0 Å². The fourth-order valence-electron chi connectivity index (χ4n) is 3.30. The van der Waals surface area contributed by atoms with Crippen molar-refractivity contribution in [2.75, 3.05) is 39.0 Å². The van der Waals surface area contributed by atoms with E-state index in [4.69, 9.17) is 0 Å². The minimum Gasteiger partial charge on any atom is -0.358 e. The summed E-state index contributed by atoms with van der Waals surface area (Å²) < 4.78 is 1.53. The number of aryl methyl sites for hydroxylation is 1. The zero-order valence-electron chi connectivity index (χ0n) is 14.8. The number of amides is 3. The third-order valence-electron chi connectivity index (χ3n) is 4.82. The molecule has 25 heavy (non-hydrogen) atoms. The van der Waals surface area contributed by atoms with Gasteiger partial charge in [0.2, 0.25) is 17.7 Å². The third-order valence-corrected chi connectivity index (χ3v) is 4.82. The zero-order valence-corrected chi connectivity index (χ0v) is 14.8. The topological polar surface area (TPSA) is 99.6 Å². The highest BCUT2D eigenvalue weighted by atomic mass is 16.2. The Bertz CT molecular complexity index is 694. The molecule has 0 spiro atoms. The molecule has 2 aliphatic heterocycles. The maximum Gasteiger partial charge on any atom is 0.241 e. The molecule has 136 valence electrons. The molecule has 2 fully saturated rings. The maximum absolute atomic E-state index is 12.5. The Kier molecular flexibility index (Phi) is 4.76. The van der Waals surface area contributed by atoms with E-state index in [1.165, 1.54) is 4.68 Å². The lowest BCUT2D eigenvalue weighted by Crippen LogP contribution is -2.58. The van der Waals surface area contributed by atoms with Crippen LogP contribution in [0.15, 0.2) is 6.07 Å². The lowest BCUT2D eigenvalue weighted by Gasteiger charge is -2.42. The van der Waals surface area contributed by atoms with Crippen LogP contribution in [0.2, 0.25) is 0 Å². The first-order valence-electron chi connectivity index (χ1n) is 8.41. The molecule has 1 aromatic rings. The van der Waals surface area contributed by atoms with Gasteiger partial charge in [-0.1, -0.05) is 0 Å². The van der Waals surface area contributed by atoms with E-state index in [1.807, 2.05) is 18.9 Å². The van der Waals surface area contributed by atoms with Crippen molar-refractivity contribution >= 4 is 23.5 Å². The summed E-state index contributed by atoms with van der Waals surface area (Å²) in [5, 5.41) is 9.54. The molecule has 3 heterocycles. The molecule has 3 amide bonds. The summed E-state index contributed by atoms with van der Waals surface area (Å²) in [6.07, 6.45) is 0.240. The Morgan fingerprint density at radius 1 is 1.32 bits per heavy atom. The number of likely N-dealkylation sites (N-methyl/N-ethyl adjacent to an activating group) is 2. The summed E-state index contributed by atoms with van der Waals surface area (Å²) in [7, 11) is 3.57. The van der Waals surface area contributed by atoms with Gasteiger partial charge >= 0.3 is 0 Å². The summed E-state index contributed by atoms with van der Waals surface area (Å²) in [5.74, 6) is -0.275. The molecular formula is C16H24N6O3. The van der Waals surface area contributed by atoms with Gasteiger partial charge < -0.3 is 20.4 Å². The smallest absolute Gasteiger partial charge is 0.241 e. The molecule has 1 atom stereocenters. The van der Waals surface area contributed by atoms with Crippen LogP contribution in [-0.2, 0) is 20.9 Å². The Labute approximate surface area is 146 Å². The number of hydrogen-bond donors (Lipinski definition) is 2. The van der Waals surface area contributed by atoms with Crippen molar-refractivity contribution in [3.8, 4) is 0 Å². The van der Waals surface area contributed by atoms with Gasteiger partial charge in [0.1, 0.15) is 6.54 Å². The first-order chi connectivity index (χ1) is 11.9. The van der Waals surface area contributed by atoms with Crippen LogP contribution in [0.25, 0.3) is 0 Å². The normalized spacial score (nSPS) is 21.3. The number of likely N-dealkylation sites (tertiary alicyclic amines) is 2. The van der Waals surface area contributed by atoms with Crippen LogP contribution in [0, 0.1) is 12.8 Å². The number of nitrogens with one attached hydrogen (secondary N) is 2. The molecule has 0 radical (unpaired) electrons. The van der Waals surface area contributed by atoms with E-state index in [1.54, 1.807) is 13.1 Å². The minimum atomic E-state index is -0.359. The average molecular weight is 348 g/mol. The number of rotatable bonds is 5. The van der Waals surface area contributed by atoms with Crippen LogP contribution in [0.3, 0.4) is 0 Å². The summed E-state index contributed by atoms with van der Waals surface area (Å²) in [5.41, 5.74) is 0.778. The van der Waals surface area contributed by atoms with Crippen LogP contribution in [0.4, 0.5) is 5.82 Å². The molecule has 9 nitrogen and oxygen atoms in total. The summed E-state index contributed by atoms with van der Waals surface area (Å²) in [6.45, 7) is 4.11. The van der Waals surface area contributed by atoms with E-state index >= 15 is 0 Å². The van der Waals surface area contributed by atoms with Crippen LogP contribution in [0.5, 0.6) is 0 Å². The number of hydrogen-bond acceptors (Lipinski definition) is 5. The minimum absolute atomic E-state index is 0.0413. The second-order valence-electron chi connectivity index (χ2n) is 6.81. The molecule has 9 heteroatoms. The highest BCUT2D eigenvalue weighted by Gasteiger charge is 2.41. The van der Waals surface area contributed by atoms with E-state index < -0.39 is 0 Å². The summed E-state index contributed by atoms with van der Waals surface area (Å²) in [4.78, 5) is 40.1. The van der Waals surface area contributed by atoms with Crippen LogP contribution in [0.1, 0.15) is 12.1 Å². The van der Waals surface area contributed by atoms with Gasteiger partial charge in [0.25, 0.3) is 0 Å². The van der Waals surface area contributed by atoms with Crippen molar-refractivity contribution in [1.29, 1.82) is 0 Å². The largest absolute Gasteiger partial charge is 0.358 e. The van der Waals surface area contributed by atoms with Crippen LogP contribution >= 0.6 is 0 Å². The monoisotopic (exact) mass is 348 g/mol. The molecule has 0 aromatic carbocycles. The first-order valence-corrected chi connectivity index (χ1v) is 8.41. The second-order valence-corrected chi connectivity index (χ2v) is 6.81. The van der Waals surface area contributed by atoms with E-state index in [-0.39, 0.29) is 42.6 Å². The standard InChI is InChI=1S/C16H24N6O3/c1-10-4-13(19-22(10)9-14(23)17-2)18-16(25)11-5-15(24)21(6-11)12-7-20(3)8-12/h4,11-12H,5-9H2,1-3H3,(H,17,23)(H,18,19,25). The lowest BCUT2D eigenvalue weighted by molar-refractivity contribution is -0.132. The van der Waals surface area contributed by atoms with Gasteiger partial charge in [0.15, 0.2) is 5.82 Å². The zero-order chi connectivity index (χ0) is 18.1. The molecule has 3 rings (SSSR count). The highest BCUT2D eigenvalue weighted by molar-refractivity contribution is 5.96. The molecule has 2 aliphatic rings. The number of carbonyl (C=O) groups excluding carboxylic acids is 3. The Hall–Kier alpha value is -2.42. The predicted octanol–water partition coefficient (Wildman–Crippen LogP) is -0.961. The molecule has 2 saturated heterocycles. The first kappa shape index (κ1) is 17.4. The van der Waals surface area contributed by atoms with E-state index in [0.717, 1.165) is 18.8 Å². The average Bonchev–Trinajstić information content (AvgIpc) is 3.07. The Morgan fingerprint density at radius 3 is 2.68 bits per heavy atom. The van der Waals surface area contributed by atoms with Crippen molar-refractivity contribution in [3.63, 3.8) is 0 Å². The van der Waals surface area contributed by atoms with Crippen molar-refractivity contribution in [3.05, 3.63) is 11.8 Å². The Morgan fingerprint density at radius 2 is 2.04 bits per heavy atom. The van der Waals surface area contributed by atoms with Gasteiger partial charge in [-0.3, -0.25) is 19.1 Å². The summed E-state index contributed by atoms with van der Waals surface area (Å²) in [6, 6.07) is 1.94. The van der Waals surface area contributed by atoms with Crippen molar-refractivity contribution in [2.45, 2.75) is 25.9 Å². The molecule has 0 aliphatic carbocycles. The highest BCUT2D eigenvalue weighted by Crippen LogP contribution is 2.25. The Balaban J connectivity index is 1.58. The fraction of sp³-hybridized carbons (Fsp3) is 0.625. The quantitative estimate of drug-likeness (QED) is 0.714. The number of anilines is 1. The van der Waals surface area contributed by atoms with E-state index in [2.05, 4.69) is 20.6 Å². The van der Waals surface area contributed by atoms with E-state index in [9.17, 15) is 14.4 Å². The molecule has 2 N–H and O–H groups in total. The van der Waals surface area contributed by atoms with Crippen LogP contribution < -0.4 is 10.6 Å². The third kappa shape index (κ3) is 3.65. The molecular weight excluding hydrogens is 324 g/mol. The van der Waals surface area contributed by atoms with E-state index in [0.29, 0.717) is 12.4 Å². The number of carbonyl (C=O) groups is 3. The molecule has 0 saturated carbocycles. The molecule has 1 aromatic heterocycles. The van der Waals surface area contributed by atoms with Crippen molar-refractivity contribution in [2.24, 2.45) is 5.92 Å². The van der Waals surface area contributed by atoms with Gasteiger partial charge in [-0.05, 0) is 14.0 Å². The van der Waals surface area contributed by atoms with Gasteiger partial charge in [0, 0.05) is 44.9 Å². The van der Waals surface area contributed by atoms with Crippen molar-refractivity contribution < 1.29 is 14.4 Å². The predicted molar refractivity (Wildman–Crippen MR) is 90.8 cm³/mol. The maximum atomic E-state index is 12.5. The SMILES string of the molecule is CNC(=O)Cn1nc(NC(=O)C2CC(=O)N(C3CN(C)C3)C2)cc1C. The van der Waals surface area contributed by atoms with Crippen molar-refractivity contribution in [1.82, 2.24) is 24.9 Å².